The van der Waals surface area contributed by atoms with E-state index in [0.717, 1.165) is 13.2 Å². The van der Waals surface area contributed by atoms with Gasteiger partial charge in [-0.25, -0.2) is 0 Å². The van der Waals surface area contributed by atoms with Gasteiger partial charge < -0.3 is 4.74 Å². The summed E-state index contributed by atoms with van der Waals surface area (Å²) < 4.78 is 4.94. The predicted molar refractivity (Wildman–Crippen MR) is 43.5 cm³/mol. The second kappa shape index (κ2) is 6.28. The maximum atomic E-state index is 5.00. The Hall–Kier alpha value is 1.74. The van der Waals surface area contributed by atoms with Gasteiger partial charge in [0, 0.05) is 13.2 Å². The molecule has 0 N–H and O–H groups in total. The fourth-order valence-electron chi connectivity index (χ4n) is 0.510. The summed E-state index contributed by atoms with van der Waals surface area (Å²) in [5.74, 6) is 0. The van der Waals surface area contributed by atoms with E-state index < -0.39 is 10.8 Å². The number of hydrogen-bond acceptors (Lipinski definition) is 1. The fourth-order valence-corrected chi connectivity index (χ4v) is 0.510. The molecule has 1 fully saturated rings. The molecule has 1 rings (SSSR count). The zero-order chi connectivity index (χ0) is 8.04. The summed E-state index contributed by atoms with van der Waals surface area (Å²) >= 11 is 0. The molecule has 0 spiro atoms. The third-order valence-corrected chi connectivity index (χ3v) is 0.827. The first-order valence-corrected chi connectivity index (χ1v) is 11.6. The summed E-state index contributed by atoms with van der Waals surface area (Å²) in [6.07, 6.45) is 2.56. The first-order chi connectivity index (χ1) is 4.50. The first kappa shape index (κ1) is 11.7. The van der Waals surface area contributed by atoms with Crippen molar-refractivity contribution in [2.24, 2.45) is 0 Å². The number of hydrogen-bond donors (Lipinski definition) is 0. The van der Waals surface area contributed by atoms with Gasteiger partial charge in [0.25, 0.3) is 0 Å². The summed E-state index contributed by atoms with van der Waals surface area (Å²) in [5, 5.41) is 0. The van der Waals surface area contributed by atoms with Gasteiger partial charge in [0.2, 0.25) is 0 Å². The van der Waals surface area contributed by atoms with Crippen molar-refractivity contribution in [3.63, 3.8) is 0 Å². The van der Waals surface area contributed by atoms with Gasteiger partial charge in [-0.15, -0.1) is 0 Å². The fraction of sp³-hybridized carbons (Fsp3) is 1.00. The zero-order valence-electron chi connectivity index (χ0n) is 5.10. The van der Waals surface area contributed by atoms with Gasteiger partial charge in [-0.05, 0) is 12.8 Å². The van der Waals surface area contributed by atoms with Crippen LogP contribution in [0.2, 0.25) is 0 Å². The molecular formula is C4H8Cl4ORu. The molecule has 1 heterocycles. The number of halogens is 4. The van der Waals surface area contributed by atoms with E-state index >= 15 is 0 Å². The van der Waals surface area contributed by atoms with Crippen LogP contribution in [0.4, 0.5) is 0 Å². The van der Waals surface area contributed by atoms with Gasteiger partial charge in [0.1, 0.15) is 0 Å². The van der Waals surface area contributed by atoms with E-state index in [1.165, 1.54) is 12.8 Å². The van der Waals surface area contributed by atoms with Crippen LogP contribution < -0.4 is 0 Å². The Morgan fingerprint density at radius 2 is 1.20 bits per heavy atom. The second-order valence-corrected chi connectivity index (χ2v) is 17.5. The molecule has 0 aromatic rings. The molecule has 66 valence electrons. The minimum absolute atomic E-state index is 1.00. The van der Waals surface area contributed by atoms with Gasteiger partial charge in [-0.1, -0.05) is 0 Å². The van der Waals surface area contributed by atoms with Crippen molar-refractivity contribution in [3.05, 3.63) is 0 Å². The van der Waals surface area contributed by atoms with E-state index in [0.29, 0.717) is 0 Å². The van der Waals surface area contributed by atoms with E-state index in [1.54, 1.807) is 0 Å². The van der Waals surface area contributed by atoms with Crippen molar-refractivity contribution >= 4 is 38.8 Å². The maximum absolute atomic E-state index is 5.00. The SMILES string of the molecule is C1CCOC1.[Cl][Ru]([Cl])([Cl])[Cl]. The molecule has 0 amide bonds. The van der Waals surface area contributed by atoms with E-state index in [2.05, 4.69) is 0 Å². The summed E-state index contributed by atoms with van der Waals surface area (Å²) in [4.78, 5) is 0. The quantitative estimate of drug-likeness (QED) is 0.621. The summed E-state index contributed by atoms with van der Waals surface area (Å²) in [6.45, 7) is 2.00. The first-order valence-electron chi connectivity index (χ1n) is 2.61. The van der Waals surface area contributed by atoms with E-state index in [-0.39, 0.29) is 0 Å². The van der Waals surface area contributed by atoms with Gasteiger partial charge >= 0.3 is 49.6 Å². The number of rotatable bonds is 0. The Morgan fingerprint density at radius 1 is 0.900 bits per heavy atom. The van der Waals surface area contributed by atoms with Crippen LogP contribution in [0.5, 0.6) is 0 Å². The van der Waals surface area contributed by atoms with Crippen molar-refractivity contribution in [3.8, 4) is 0 Å². The van der Waals surface area contributed by atoms with Crippen LogP contribution in [0.3, 0.4) is 0 Å². The van der Waals surface area contributed by atoms with Crippen molar-refractivity contribution < 1.29 is 15.5 Å². The Kier molecular flexibility index (Phi) is 7.38. The summed E-state index contributed by atoms with van der Waals surface area (Å²) in [7, 11) is 17.0. The second-order valence-electron chi connectivity index (χ2n) is 1.62. The molecule has 1 aliphatic rings. The van der Waals surface area contributed by atoms with Gasteiger partial charge in [0.15, 0.2) is 0 Å². The van der Waals surface area contributed by atoms with Gasteiger partial charge in [-0.3, -0.25) is 0 Å². The molecule has 1 saturated heterocycles. The molecule has 6 heteroatoms. The van der Waals surface area contributed by atoms with Crippen LogP contribution in [-0.2, 0) is 15.5 Å². The van der Waals surface area contributed by atoms with Crippen molar-refractivity contribution in [1.82, 2.24) is 0 Å². The molecular weight excluding hydrogens is 307 g/mol. The Morgan fingerprint density at radius 3 is 1.30 bits per heavy atom. The van der Waals surface area contributed by atoms with Crippen LogP contribution in [0.25, 0.3) is 0 Å². The standard InChI is InChI=1S/C4H8O.4ClH.Ru/c1-2-4-5-3-1;;;;;/h1-4H2;4*1H;/q;;;;;+4/p-4. The minimum atomic E-state index is -2.97. The molecule has 0 aromatic heterocycles. The van der Waals surface area contributed by atoms with Crippen molar-refractivity contribution in [2.75, 3.05) is 13.2 Å². The normalized spacial score (nSPS) is 19.6. The molecule has 0 bridgehead atoms. The van der Waals surface area contributed by atoms with Crippen LogP contribution in [0.15, 0.2) is 0 Å². The van der Waals surface area contributed by atoms with Crippen LogP contribution in [0, 0.1) is 0 Å². The molecule has 0 aliphatic carbocycles. The molecule has 0 aromatic carbocycles. The Balaban J connectivity index is 0.000000162. The van der Waals surface area contributed by atoms with E-state index in [4.69, 9.17) is 43.5 Å². The van der Waals surface area contributed by atoms with Gasteiger partial charge in [-0.2, -0.15) is 0 Å². The predicted octanol–water partition coefficient (Wildman–Crippen LogP) is 3.55. The third kappa shape index (κ3) is 16.4. The number of ether oxygens (including phenoxy) is 1. The molecule has 0 unspecified atom stereocenters. The van der Waals surface area contributed by atoms with E-state index in [9.17, 15) is 0 Å². The molecule has 10 heavy (non-hydrogen) atoms. The molecule has 1 aliphatic heterocycles. The van der Waals surface area contributed by atoms with E-state index in [1.807, 2.05) is 0 Å². The van der Waals surface area contributed by atoms with Gasteiger partial charge in [0.05, 0.1) is 0 Å². The topological polar surface area (TPSA) is 9.23 Å². The summed E-state index contributed by atoms with van der Waals surface area (Å²) in [6, 6.07) is 0. The zero-order valence-corrected chi connectivity index (χ0v) is 9.86. The molecule has 0 radical (unpaired) electrons. The molecule has 0 atom stereocenters. The Bertz CT molecular complexity index is 66.2. The monoisotopic (exact) mass is 314 g/mol. The average molecular weight is 315 g/mol. The van der Waals surface area contributed by atoms with Crippen molar-refractivity contribution in [1.29, 1.82) is 0 Å². The molecule has 1 nitrogen and oxygen atoms in total. The third-order valence-electron chi connectivity index (χ3n) is 0.827. The van der Waals surface area contributed by atoms with Crippen LogP contribution in [0.1, 0.15) is 12.8 Å². The van der Waals surface area contributed by atoms with Crippen LogP contribution >= 0.6 is 38.8 Å². The Labute approximate surface area is 79.9 Å². The van der Waals surface area contributed by atoms with Crippen molar-refractivity contribution in [2.45, 2.75) is 12.8 Å². The molecule has 0 saturated carbocycles. The van der Waals surface area contributed by atoms with Crippen LogP contribution in [-0.4, -0.2) is 13.2 Å². The average Bonchev–Trinajstić information content (AvgIpc) is 2.07. The summed E-state index contributed by atoms with van der Waals surface area (Å²) in [5.41, 5.74) is 0.